The van der Waals surface area contributed by atoms with E-state index in [-0.39, 0.29) is 5.41 Å². The third-order valence-electron chi connectivity index (χ3n) is 10.2. The second-order valence-corrected chi connectivity index (χ2v) is 12.0. The molecule has 0 aliphatic heterocycles. The molecular formula is C34H42N2. The van der Waals surface area contributed by atoms with Gasteiger partial charge in [-0.2, -0.15) is 0 Å². The zero-order chi connectivity index (χ0) is 26.8. The van der Waals surface area contributed by atoms with Gasteiger partial charge in [0.2, 0.25) is 0 Å². The fourth-order valence-corrected chi connectivity index (χ4v) is 7.50. The number of fused-ring (bicyclic) bond motifs is 4. The first-order valence-electron chi connectivity index (χ1n) is 13.3. The van der Waals surface area contributed by atoms with Crippen LogP contribution in [0.3, 0.4) is 0 Å². The number of hydrogen-bond acceptors (Lipinski definition) is 1. The zero-order valence-corrected chi connectivity index (χ0v) is 24.9. The lowest BCUT2D eigenvalue weighted by molar-refractivity contribution is 0.649. The Kier molecular flexibility index (Phi) is 5.22. The van der Waals surface area contributed by atoms with Crippen LogP contribution in [0.15, 0.2) is 0 Å². The van der Waals surface area contributed by atoms with Crippen LogP contribution < -0.4 is 0 Å². The molecule has 0 spiro atoms. The second-order valence-electron chi connectivity index (χ2n) is 12.0. The quantitative estimate of drug-likeness (QED) is 0.267. The molecule has 0 bridgehead atoms. The summed E-state index contributed by atoms with van der Waals surface area (Å²) < 4.78 is 2.27. The van der Waals surface area contributed by atoms with Gasteiger partial charge in [-0.15, -0.1) is 0 Å². The van der Waals surface area contributed by atoms with Crippen LogP contribution >= 0.6 is 0 Å². The van der Waals surface area contributed by atoms with Gasteiger partial charge in [-0.25, -0.2) is 4.98 Å². The maximum atomic E-state index is 5.15. The Hall–Kier alpha value is -2.87. The molecule has 0 saturated carbocycles. The van der Waals surface area contributed by atoms with Crippen LogP contribution in [0, 0.1) is 76.2 Å². The van der Waals surface area contributed by atoms with Crippen molar-refractivity contribution in [3.05, 3.63) is 72.6 Å². The molecule has 36 heavy (non-hydrogen) atoms. The summed E-state index contributed by atoms with van der Waals surface area (Å²) in [6.07, 6.45) is 0. The Morgan fingerprint density at radius 2 is 0.889 bits per heavy atom. The van der Waals surface area contributed by atoms with Crippen molar-refractivity contribution < 1.29 is 0 Å². The van der Waals surface area contributed by atoms with Crippen LogP contribution in [0.2, 0.25) is 0 Å². The van der Waals surface area contributed by atoms with E-state index in [0.29, 0.717) is 0 Å². The number of rotatable bonds is 1. The first-order chi connectivity index (χ1) is 16.7. The van der Waals surface area contributed by atoms with Gasteiger partial charge in [0.25, 0.3) is 0 Å². The van der Waals surface area contributed by atoms with Gasteiger partial charge < -0.3 is 4.57 Å². The van der Waals surface area contributed by atoms with Crippen molar-refractivity contribution in [2.75, 3.05) is 0 Å². The number of hydrogen-bond donors (Lipinski definition) is 0. The summed E-state index contributed by atoms with van der Waals surface area (Å²) in [6, 6.07) is 0. The number of benzene rings is 3. The largest absolute Gasteiger partial charge is 0.331 e. The fourth-order valence-electron chi connectivity index (χ4n) is 7.50. The van der Waals surface area contributed by atoms with Gasteiger partial charge in [0.1, 0.15) is 5.82 Å². The van der Waals surface area contributed by atoms with E-state index in [1.165, 1.54) is 94.5 Å². The SMILES string of the molecule is Cc1c(C)c(C)c2c(c1C)-c1c(C)c(C)c(-c3c(C)c(C)c(C)c4c3nc(C)n4C)c(C)c1C2(C)C. The molecule has 1 heterocycles. The highest BCUT2D eigenvalue weighted by atomic mass is 15.1. The van der Waals surface area contributed by atoms with Crippen LogP contribution in [-0.4, -0.2) is 9.55 Å². The molecule has 0 atom stereocenters. The molecule has 2 heteroatoms. The molecule has 0 saturated heterocycles. The Morgan fingerprint density at radius 3 is 1.47 bits per heavy atom. The topological polar surface area (TPSA) is 17.8 Å². The average Bonchev–Trinajstić information content (AvgIpc) is 3.25. The lowest BCUT2D eigenvalue weighted by Crippen LogP contribution is -2.19. The monoisotopic (exact) mass is 478 g/mol. The van der Waals surface area contributed by atoms with Crippen molar-refractivity contribution in [3.63, 3.8) is 0 Å². The Bertz CT molecular complexity index is 1650. The summed E-state index contributed by atoms with van der Waals surface area (Å²) >= 11 is 0. The van der Waals surface area contributed by atoms with Crippen molar-refractivity contribution in [1.29, 1.82) is 0 Å². The maximum Gasteiger partial charge on any atom is 0.106 e. The average molecular weight is 479 g/mol. The van der Waals surface area contributed by atoms with E-state index in [4.69, 9.17) is 4.98 Å². The van der Waals surface area contributed by atoms with Crippen LogP contribution in [-0.2, 0) is 12.5 Å². The van der Waals surface area contributed by atoms with Crippen molar-refractivity contribution in [2.24, 2.45) is 7.05 Å². The molecule has 188 valence electrons. The highest BCUT2D eigenvalue weighted by molar-refractivity contribution is 6.01. The minimum Gasteiger partial charge on any atom is -0.331 e. The molecule has 1 aliphatic carbocycles. The molecule has 1 aromatic heterocycles. The third-order valence-corrected chi connectivity index (χ3v) is 10.2. The highest BCUT2D eigenvalue weighted by Crippen LogP contribution is 2.57. The summed E-state index contributed by atoms with van der Waals surface area (Å²) in [6.45, 7) is 30.1. The van der Waals surface area contributed by atoms with Crippen molar-refractivity contribution in [1.82, 2.24) is 9.55 Å². The number of aromatic nitrogens is 2. The molecule has 2 nitrogen and oxygen atoms in total. The predicted molar refractivity (Wildman–Crippen MR) is 156 cm³/mol. The van der Waals surface area contributed by atoms with Gasteiger partial charge in [-0.3, -0.25) is 0 Å². The third kappa shape index (κ3) is 2.76. The van der Waals surface area contributed by atoms with Gasteiger partial charge in [-0.05, 0) is 160 Å². The van der Waals surface area contributed by atoms with Crippen LogP contribution in [0.4, 0.5) is 0 Å². The molecule has 4 aromatic rings. The molecule has 0 fully saturated rings. The van der Waals surface area contributed by atoms with Gasteiger partial charge >= 0.3 is 0 Å². The highest BCUT2D eigenvalue weighted by Gasteiger charge is 2.42. The minimum atomic E-state index is -0.0535. The zero-order valence-electron chi connectivity index (χ0n) is 24.9. The minimum absolute atomic E-state index is 0.0535. The van der Waals surface area contributed by atoms with Crippen LogP contribution in [0.25, 0.3) is 33.3 Å². The molecular weight excluding hydrogens is 436 g/mol. The Morgan fingerprint density at radius 1 is 0.472 bits per heavy atom. The van der Waals surface area contributed by atoms with E-state index >= 15 is 0 Å². The van der Waals surface area contributed by atoms with Crippen molar-refractivity contribution >= 4 is 11.0 Å². The lowest BCUT2D eigenvalue weighted by atomic mass is 9.74. The fraction of sp³-hybridized carbons (Fsp3) is 0.441. The van der Waals surface area contributed by atoms with Gasteiger partial charge in [0.15, 0.2) is 0 Å². The summed E-state index contributed by atoms with van der Waals surface area (Å²) in [5.74, 6) is 1.07. The number of nitrogens with zero attached hydrogens (tertiary/aromatic N) is 2. The van der Waals surface area contributed by atoms with E-state index < -0.39 is 0 Å². The Balaban J connectivity index is 2.01. The molecule has 0 radical (unpaired) electrons. The van der Waals surface area contributed by atoms with Crippen LogP contribution in [0.5, 0.6) is 0 Å². The second kappa shape index (κ2) is 7.57. The van der Waals surface area contributed by atoms with E-state index in [9.17, 15) is 0 Å². The molecule has 0 N–H and O–H groups in total. The first kappa shape index (κ1) is 24.8. The van der Waals surface area contributed by atoms with Gasteiger partial charge in [0.05, 0.1) is 11.0 Å². The number of aryl methyl sites for hydroxylation is 3. The maximum absolute atomic E-state index is 5.15. The summed E-state index contributed by atoms with van der Waals surface area (Å²) in [5, 5.41) is 0. The normalized spacial score (nSPS) is 14.1. The van der Waals surface area contributed by atoms with Gasteiger partial charge in [-0.1, -0.05) is 13.8 Å². The summed E-state index contributed by atoms with van der Waals surface area (Å²) in [4.78, 5) is 5.15. The first-order valence-corrected chi connectivity index (χ1v) is 13.3. The summed E-state index contributed by atoms with van der Waals surface area (Å²) in [7, 11) is 2.15. The molecule has 0 unspecified atom stereocenters. The van der Waals surface area contributed by atoms with E-state index in [1.54, 1.807) is 0 Å². The van der Waals surface area contributed by atoms with Crippen LogP contribution in [0.1, 0.15) is 86.4 Å². The smallest absolute Gasteiger partial charge is 0.106 e. The molecule has 1 aliphatic rings. The van der Waals surface area contributed by atoms with E-state index in [2.05, 4.69) is 102 Å². The summed E-state index contributed by atoms with van der Waals surface area (Å²) in [5.41, 5.74) is 25.1. The van der Waals surface area contributed by atoms with Crippen molar-refractivity contribution in [3.8, 4) is 22.3 Å². The molecule has 3 aromatic carbocycles. The van der Waals surface area contributed by atoms with E-state index in [0.717, 1.165) is 11.3 Å². The van der Waals surface area contributed by atoms with Crippen molar-refractivity contribution in [2.45, 2.75) is 95.4 Å². The molecule has 5 rings (SSSR count). The standard InChI is InChI=1S/C34H42N2/c1-15-16(2)22(8)30-27(18(15)4)28-21(7)20(6)26(24(10)31(28)34(30,12)13)29-19(5)17(3)23(9)33-32(29)35-25(11)36(33)14/h1-14H3. The van der Waals surface area contributed by atoms with Gasteiger partial charge in [0, 0.05) is 18.0 Å². The number of imidazole rings is 1. The molecule has 0 amide bonds. The Labute approximate surface area is 217 Å². The van der Waals surface area contributed by atoms with E-state index in [1.807, 2.05) is 0 Å². The predicted octanol–water partition coefficient (Wildman–Crippen LogP) is 8.94. The lowest BCUT2D eigenvalue weighted by Gasteiger charge is -2.29.